The molecule has 7 heteroatoms. The van der Waals surface area contributed by atoms with Crippen LogP contribution in [0.3, 0.4) is 0 Å². The van der Waals surface area contributed by atoms with Gasteiger partial charge in [-0.1, -0.05) is 20.8 Å². The molecule has 1 aromatic heterocycles. The Morgan fingerprint density at radius 3 is 2.62 bits per heavy atom. The van der Waals surface area contributed by atoms with Crippen LogP contribution in [0.1, 0.15) is 44.5 Å². The van der Waals surface area contributed by atoms with Gasteiger partial charge in [0.15, 0.2) is 0 Å². The zero-order chi connectivity index (χ0) is 16.0. The van der Waals surface area contributed by atoms with E-state index < -0.39 is 10.8 Å². The van der Waals surface area contributed by atoms with Gasteiger partial charge in [-0.3, -0.25) is 14.9 Å². The Balaban J connectivity index is 2.89. The molecule has 0 radical (unpaired) electrons. The number of nitrogens with zero attached hydrogens (tertiary/aromatic N) is 2. The van der Waals surface area contributed by atoms with Crippen molar-refractivity contribution in [3.8, 4) is 0 Å². The third-order valence-corrected chi connectivity index (χ3v) is 2.84. The summed E-state index contributed by atoms with van der Waals surface area (Å²) in [5, 5.41) is 16.7. The maximum atomic E-state index is 12.1. The van der Waals surface area contributed by atoms with E-state index in [1.165, 1.54) is 6.07 Å². The summed E-state index contributed by atoms with van der Waals surface area (Å²) in [6.45, 7) is 9.17. The molecule has 1 heterocycles. The van der Waals surface area contributed by atoms with Crippen molar-refractivity contribution in [2.75, 3.05) is 18.4 Å². The Bertz CT molecular complexity index is 523. The smallest absolute Gasteiger partial charge is 0.300 e. The molecule has 0 bridgehead atoms. The summed E-state index contributed by atoms with van der Waals surface area (Å²) in [6.07, 6.45) is 1.90. The van der Waals surface area contributed by atoms with E-state index in [4.69, 9.17) is 0 Å². The van der Waals surface area contributed by atoms with E-state index in [9.17, 15) is 14.9 Å². The van der Waals surface area contributed by atoms with Gasteiger partial charge < -0.3 is 10.6 Å². The van der Waals surface area contributed by atoms with Gasteiger partial charge in [-0.25, -0.2) is 4.98 Å². The third kappa shape index (κ3) is 5.37. The van der Waals surface area contributed by atoms with Crippen LogP contribution in [0.5, 0.6) is 0 Å². The number of carbonyl (C=O) groups excluding carboxylic acids is 1. The summed E-state index contributed by atoms with van der Waals surface area (Å²) in [4.78, 5) is 26.5. The number of amides is 1. The first kappa shape index (κ1) is 16.9. The first-order chi connectivity index (χ1) is 9.74. The minimum Gasteiger partial charge on any atom is -0.370 e. The molecular formula is C14H22N4O3. The summed E-state index contributed by atoms with van der Waals surface area (Å²) in [5.41, 5.74) is -0.170. The van der Waals surface area contributed by atoms with Crippen LogP contribution in [0.2, 0.25) is 0 Å². The Morgan fingerprint density at radius 1 is 1.43 bits per heavy atom. The standard InChI is InChI=1S/C14H22N4O3/c1-5-15-12-8-10(11(9-17-12)18(20)21)13(19)16-7-6-14(2,3)4/h8-9H,5-7H2,1-4H3,(H,15,17)(H,16,19). The normalized spacial score (nSPS) is 11.0. The van der Waals surface area contributed by atoms with Gasteiger partial charge in [-0.2, -0.15) is 0 Å². The second kappa shape index (κ2) is 7.01. The monoisotopic (exact) mass is 294 g/mol. The average molecular weight is 294 g/mol. The lowest BCUT2D eigenvalue weighted by molar-refractivity contribution is -0.385. The molecule has 0 atom stereocenters. The molecule has 21 heavy (non-hydrogen) atoms. The van der Waals surface area contributed by atoms with Gasteiger partial charge in [0.1, 0.15) is 17.6 Å². The van der Waals surface area contributed by atoms with Gasteiger partial charge in [-0.05, 0) is 18.8 Å². The first-order valence-corrected chi connectivity index (χ1v) is 6.91. The van der Waals surface area contributed by atoms with Crippen molar-refractivity contribution in [2.45, 2.75) is 34.1 Å². The predicted octanol–water partition coefficient (Wildman–Crippen LogP) is 2.59. The summed E-state index contributed by atoms with van der Waals surface area (Å²) in [5.74, 6) is -0.00317. The minimum atomic E-state index is -0.596. The Morgan fingerprint density at radius 2 is 2.10 bits per heavy atom. The summed E-state index contributed by atoms with van der Waals surface area (Å²) >= 11 is 0. The number of hydrogen-bond donors (Lipinski definition) is 2. The van der Waals surface area contributed by atoms with Crippen LogP contribution in [0.4, 0.5) is 11.5 Å². The highest BCUT2D eigenvalue weighted by Crippen LogP contribution is 2.21. The molecule has 2 N–H and O–H groups in total. The molecule has 0 spiro atoms. The van der Waals surface area contributed by atoms with Crippen molar-refractivity contribution in [3.63, 3.8) is 0 Å². The van der Waals surface area contributed by atoms with Crippen molar-refractivity contribution in [1.82, 2.24) is 10.3 Å². The van der Waals surface area contributed by atoms with Crippen LogP contribution in [0.15, 0.2) is 12.3 Å². The van der Waals surface area contributed by atoms with Crippen LogP contribution >= 0.6 is 0 Å². The summed E-state index contributed by atoms with van der Waals surface area (Å²) < 4.78 is 0. The molecule has 0 saturated heterocycles. The maximum absolute atomic E-state index is 12.1. The van der Waals surface area contributed by atoms with Crippen LogP contribution in [0, 0.1) is 15.5 Å². The van der Waals surface area contributed by atoms with E-state index in [0.717, 1.165) is 12.6 Å². The second-order valence-corrected chi connectivity index (χ2v) is 5.94. The van der Waals surface area contributed by atoms with E-state index in [1.807, 2.05) is 6.92 Å². The van der Waals surface area contributed by atoms with Gasteiger partial charge >= 0.3 is 0 Å². The van der Waals surface area contributed by atoms with Crippen molar-refractivity contribution in [2.24, 2.45) is 5.41 Å². The number of carbonyl (C=O) groups is 1. The van der Waals surface area contributed by atoms with E-state index >= 15 is 0 Å². The third-order valence-electron chi connectivity index (χ3n) is 2.84. The van der Waals surface area contributed by atoms with Gasteiger partial charge in [-0.15, -0.1) is 0 Å². The van der Waals surface area contributed by atoms with Gasteiger partial charge in [0, 0.05) is 19.2 Å². The zero-order valence-corrected chi connectivity index (χ0v) is 12.9. The average Bonchev–Trinajstić information content (AvgIpc) is 2.37. The summed E-state index contributed by atoms with van der Waals surface area (Å²) in [6, 6.07) is 1.41. The molecule has 0 fully saturated rings. The topological polar surface area (TPSA) is 97.2 Å². The van der Waals surface area contributed by atoms with Gasteiger partial charge in [0.2, 0.25) is 0 Å². The van der Waals surface area contributed by atoms with Crippen LogP contribution in [0.25, 0.3) is 0 Å². The van der Waals surface area contributed by atoms with Crippen molar-refractivity contribution in [1.29, 1.82) is 0 Å². The SMILES string of the molecule is CCNc1cc(C(=O)NCCC(C)(C)C)c([N+](=O)[O-])cn1. The number of anilines is 1. The van der Waals surface area contributed by atoms with Gasteiger partial charge in [0.25, 0.3) is 11.6 Å². The Hall–Kier alpha value is -2.18. The minimum absolute atomic E-state index is 0.0276. The van der Waals surface area contributed by atoms with Gasteiger partial charge in [0.05, 0.1) is 4.92 Å². The molecule has 0 unspecified atom stereocenters. The number of pyridine rings is 1. The van der Waals surface area contributed by atoms with Crippen molar-refractivity contribution >= 4 is 17.4 Å². The summed E-state index contributed by atoms with van der Waals surface area (Å²) in [7, 11) is 0. The molecule has 1 amide bonds. The molecule has 7 nitrogen and oxygen atoms in total. The largest absolute Gasteiger partial charge is 0.370 e. The molecule has 0 saturated carbocycles. The molecule has 0 aromatic carbocycles. The number of nitro groups is 1. The maximum Gasteiger partial charge on any atom is 0.300 e. The fourth-order valence-corrected chi connectivity index (χ4v) is 1.70. The fourth-order valence-electron chi connectivity index (χ4n) is 1.70. The van der Waals surface area contributed by atoms with Crippen molar-refractivity contribution in [3.05, 3.63) is 27.9 Å². The Kier molecular flexibility index (Phi) is 5.63. The number of nitrogens with one attached hydrogen (secondary N) is 2. The van der Waals surface area contributed by atoms with E-state index in [1.54, 1.807) is 0 Å². The lowest BCUT2D eigenvalue weighted by atomic mass is 9.92. The van der Waals surface area contributed by atoms with E-state index in [0.29, 0.717) is 18.9 Å². The molecule has 0 aliphatic rings. The van der Waals surface area contributed by atoms with Crippen LogP contribution in [-0.2, 0) is 0 Å². The predicted molar refractivity (Wildman–Crippen MR) is 81.5 cm³/mol. The lowest BCUT2D eigenvalue weighted by Crippen LogP contribution is -2.28. The fraction of sp³-hybridized carbons (Fsp3) is 0.571. The van der Waals surface area contributed by atoms with Crippen LogP contribution in [-0.4, -0.2) is 28.9 Å². The Labute approximate surface area is 124 Å². The molecule has 0 aliphatic heterocycles. The number of aromatic nitrogens is 1. The van der Waals surface area contributed by atoms with E-state index in [-0.39, 0.29) is 16.7 Å². The highest BCUT2D eigenvalue weighted by molar-refractivity contribution is 5.98. The number of hydrogen-bond acceptors (Lipinski definition) is 5. The highest BCUT2D eigenvalue weighted by Gasteiger charge is 2.22. The lowest BCUT2D eigenvalue weighted by Gasteiger charge is -2.18. The van der Waals surface area contributed by atoms with E-state index in [2.05, 4.69) is 36.4 Å². The zero-order valence-electron chi connectivity index (χ0n) is 12.9. The molecule has 1 rings (SSSR count). The first-order valence-electron chi connectivity index (χ1n) is 6.91. The van der Waals surface area contributed by atoms with Crippen LogP contribution < -0.4 is 10.6 Å². The molecular weight excluding hydrogens is 272 g/mol. The highest BCUT2D eigenvalue weighted by atomic mass is 16.6. The second-order valence-electron chi connectivity index (χ2n) is 5.94. The number of rotatable bonds is 6. The van der Waals surface area contributed by atoms with Crippen molar-refractivity contribution < 1.29 is 9.72 Å². The molecule has 116 valence electrons. The molecule has 0 aliphatic carbocycles. The molecule has 1 aromatic rings. The quantitative estimate of drug-likeness (QED) is 0.621.